The summed E-state index contributed by atoms with van der Waals surface area (Å²) in [6.07, 6.45) is 4.20. The third kappa shape index (κ3) is 3.37. The summed E-state index contributed by atoms with van der Waals surface area (Å²) in [7, 11) is 1.78. The van der Waals surface area contributed by atoms with Crippen LogP contribution in [0.25, 0.3) is 11.0 Å². The highest BCUT2D eigenvalue weighted by atomic mass is 16.5. The summed E-state index contributed by atoms with van der Waals surface area (Å²) in [5.41, 5.74) is 2.38. The highest BCUT2D eigenvalue weighted by Gasteiger charge is 2.34. The molecule has 3 aromatic rings. The van der Waals surface area contributed by atoms with Gasteiger partial charge in [0.05, 0.1) is 12.8 Å². The van der Waals surface area contributed by atoms with E-state index in [1.54, 1.807) is 30.3 Å². The first-order valence-electron chi connectivity index (χ1n) is 9.54. The first-order valence-corrected chi connectivity index (χ1v) is 9.54. The second-order valence-corrected chi connectivity index (χ2v) is 7.33. The van der Waals surface area contributed by atoms with E-state index in [2.05, 4.69) is 15.2 Å². The molecule has 5 rings (SSSR count). The van der Waals surface area contributed by atoms with E-state index in [-0.39, 0.29) is 5.91 Å². The highest BCUT2D eigenvalue weighted by molar-refractivity contribution is 6.00. The topological polar surface area (TPSA) is 82.4 Å². The number of rotatable bonds is 6. The number of pyridine rings is 1. The van der Waals surface area contributed by atoms with Crippen LogP contribution in [-0.4, -0.2) is 45.1 Å². The zero-order valence-corrected chi connectivity index (χ0v) is 15.6. The molecule has 144 valence electrons. The molecule has 0 N–H and O–H groups in total. The maximum Gasteiger partial charge on any atom is 0.268 e. The van der Waals surface area contributed by atoms with E-state index in [1.807, 2.05) is 18.2 Å². The maximum absolute atomic E-state index is 12.8. The third-order valence-corrected chi connectivity index (χ3v) is 5.08. The second kappa shape index (κ2) is 6.78. The van der Waals surface area contributed by atoms with Gasteiger partial charge in [-0.2, -0.15) is 15.0 Å². The van der Waals surface area contributed by atoms with Crippen LogP contribution in [0.1, 0.15) is 19.3 Å². The number of hydrogen-bond donors (Lipinski definition) is 0. The zero-order chi connectivity index (χ0) is 19.1. The monoisotopic (exact) mass is 379 g/mol. The third-order valence-electron chi connectivity index (χ3n) is 5.08. The summed E-state index contributed by atoms with van der Waals surface area (Å²) in [5.74, 6) is 1.79. The number of carbonyl (C=O) groups is 1. The molecule has 1 saturated heterocycles. The molecule has 0 bridgehead atoms. The van der Waals surface area contributed by atoms with E-state index < -0.39 is 6.10 Å². The minimum absolute atomic E-state index is 0.0581. The number of hydrogen-bond acceptors (Lipinski definition) is 6. The van der Waals surface area contributed by atoms with Gasteiger partial charge in [-0.05, 0) is 43.0 Å². The fourth-order valence-corrected chi connectivity index (χ4v) is 3.37. The van der Waals surface area contributed by atoms with Gasteiger partial charge in [0.15, 0.2) is 6.10 Å². The molecular formula is C20H21N5O3. The Morgan fingerprint density at radius 1 is 1.11 bits per heavy atom. The number of benzene rings is 1. The van der Waals surface area contributed by atoms with Crippen molar-refractivity contribution in [3.8, 4) is 11.6 Å². The molecule has 8 nitrogen and oxygen atoms in total. The molecule has 1 amide bonds. The van der Waals surface area contributed by atoms with Gasteiger partial charge in [-0.25, -0.2) is 4.98 Å². The Hall–Kier alpha value is -3.16. The molecular weight excluding hydrogens is 358 g/mol. The Balaban J connectivity index is 1.24. The SMILES string of the molecule is Cn1nc2ccc(N3CCC(Oc4ccc(OCC5CC5)nc4)C3=O)cc2n1. The summed E-state index contributed by atoms with van der Waals surface area (Å²) in [6, 6.07) is 9.25. The molecule has 0 radical (unpaired) electrons. The van der Waals surface area contributed by atoms with Crippen LogP contribution in [0.5, 0.6) is 11.6 Å². The molecule has 1 atom stereocenters. The van der Waals surface area contributed by atoms with Crippen LogP contribution in [0.3, 0.4) is 0 Å². The van der Waals surface area contributed by atoms with Crippen LogP contribution < -0.4 is 14.4 Å². The molecule has 1 saturated carbocycles. The standard InChI is InChI=1S/C20H21N5O3/c1-24-22-16-6-4-14(10-17(16)23-24)25-9-8-18(20(25)26)28-15-5-7-19(21-11-15)27-12-13-2-3-13/h4-7,10-11,13,18H,2-3,8-9,12H2,1H3. The Labute approximate surface area is 162 Å². The van der Waals surface area contributed by atoms with E-state index in [4.69, 9.17) is 9.47 Å². The van der Waals surface area contributed by atoms with Gasteiger partial charge in [0, 0.05) is 31.8 Å². The zero-order valence-electron chi connectivity index (χ0n) is 15.6. The molecule has 2 aliphatic rings. The first-order chi connectivity index (χ1) is 13.7. The van der Waals surface area contributed by atoms with E-state index in [0.29, 0.717) is 30.5 Å². The van der Waals surface area contributed by atoms with Crippen LogP contribution in [0.4, 0.5) is 5.69 Å². The number of ether oxygens (including phenoxy) is 2. The van der Waals surface area contributed by atoms with Crippen LogP contribution in [0, 0.1) is 5.92 Å². The van der Waals surface area contributed by atoms with Gasteiger partial charge in [0.2, 0.25) is 5.88 Å². The summed E-state index contributed by atoms with van der Waals surface area (Å²) in [5, 5.41) is 8.58. The fraction of sp³-hybridized carbons (Fsp3) is 0.400. The van der Waals surface area contributed by atoms with Gasteiger partial charge in [0.25, 0.3) is 5.91 Å². The average molecular weight is 379 g/mol. The lowest BCUT2D eigenvalue weighted by Crippen LogP contribution is -2.32. The van der Waals surface area contributed by atoms with Crippen molar-refractivity contribution < 1.29 is 14.3 Å². The lowest BCUT2D eigenvalue weighted by atomic mass is 10.2. The van der Waals surface area contributed by atoms with Crippen molar-refractivity contribution in [2.24, 2.45) is 13.0 Å². The number of amides is 1. The molecule has 3 heterocycles. The van der Waals surface area contributed by atoms with Crippen molar-refractivity contribution in [3.05, 3.63) is 36.5 Å². The Kier molecular flexibility index (Phi) is 4.11. The maximum atomic E-state index is 12.8. The minimum Gasteiger partial charge on any atom is -0.479 e. The Morgan fingerprint density at radius 2 is 1.96 bits per heavy atom. The van der Waals surface area contributed by atoms with Gasteiger partial charge in [-0.15, -0.1) is 0 Å². The van der Waals surface area contributed by atoms with Crippen molar-refractivity contribution >= 4 is 22.6 Å². The van der Waals surface area contributed by atoms with Crippen molar-refractivity contribution in [1.29, 1.82) is 0 Å². The van der Waals surface area contributed by atoms with Crippen LogP contribution in [0.2, 0.25) is 0 Å². The predicted octanol–water partition coefficient (Wildman–Crippen LogP) is 2.34. The van der Waals surface area contributed by atoms with E-state index in [9.17, 15) is 4.79 Å². The van der Waals surface area contributed by atoms with E-state index in [1.165, 1.54) is 17.6 Å². The molecule has 1 aliphatic carbocycles. The smallest absolute Gasteiger partial charge is 0.268 e. The van der Waals surface area contributed by atoms with Gasteiger partial charge in [0.1, 0.15) is 16.8 Å². The Bertz CT molecular complexity index is 1010. The molecule has 0 spiro atoms. The molecule has 28 heavy (non-hydrogen) atoms. The van der Waals surface area contributed by atoms with Gasteiger partial charge in [-0.3, -0.25) is 4.79 Å². The lowest BCUT2D eigenvalue weighted by molar-refractivity contribution is -0.122. The molecule has 8 heteroatoms. The summed E-state index contributed by atoms with van der Waals surface area (Å²) < 4.78 is 11.5. The second-order valence-electron chi connectivity index (χ2n) is 7.33. The van der Waals surface area contributed by atoms with Crippen LogP contribution >= 0.6 is 0 Å². The number of aromatic nitrogens is 4. The molecule has 2 fully saturated rings. The average Bonchev–Trinajstić information content (AvgIpc) is 3.36. The van der Waals surface area contributed by atoms with Crippen LogP contribution in [-0.2, 0) is 11.8 Å². The minimum atomic E-state index is -0.516. The van der Waals surface area contributed by atoms with Crippen molar-refractivity contribution in [3.63, 3.8) is 0 Å². The van der Waals surface area contributed by atoms with E-state index >= 15 is 0 Å². The normalized spacial score (nSPS) is 19.4. The predicted molar refractivity (Wildman–Crippen MR) is 102 cm³/mol. The molecule has 2 aromatic heterocycles. The number of nitrogens with zero attached hydrogens (tertiary/aromatic N) is 5. The summed E-state index contributed by atoms with van der Waals surface area (Å²) >= 11 is 0. The lowest BCUT2D eigenvalue weighted by Gasteiger charge is -2.17. The molecule has 1 unspecified atom stereocenters. The van der Waals surface area contributed by atoms with Gasteiger partial charge >= 0.3 is 0 Å². The van der Waals surface area contributed by atoms with Crippen molar-refractivity contribution in [2.45, 2.75) is 25.4 Å². The Morgan fingerprint density at radius 3 is 2.75 bits per heavy atom. The molecule has 1 aromatic carbocycles. The van der Waals surface area contributed by atoms with Gasteiger partial charge in [-0.1, -0.05) is 0 Å². The largest absolute Gasteiger partial charge is 0.479 e. The summed E-state index contributed by atoms with van der Waals surface area (Å²) in [4.78, 5) is 20.3. The number of anilines is 1. The van der Waals surface area contributed by atoms with Gasteiger partial charge < -0.3 is 14.4 Å². The van der Waals surface area contributed by atoms with E-state index in [0.717, 1.165) is 23.3 Å². The fourth-order valence-electron chi connectivity index (χ4n) is 3.37. The number of aryl methyl sites for hydroxylation is 1. The quantitative estimate of drug-likeness (QED) is 0.654. The number of fused-ring (bicyclic) bond motifs is 1. The van der Waals surface area contributed by atoms with Crippen molar-refractivity contribution in [1.82, 2.24) is 20.0 Å². The van der Waals surface area contributed by atoms with Crippen molar-refractivity contribution in [2.75, 3.05) is 18.1 Å². The molecule has 1 aliphatic heterocycles. The summed E-state index contributed by atoms with van der Waals surface area (Å²) in [6.45, 7) is 1.32. The highest BCUT2D eigenvalue weighted by Crippen LogP contribution is 2.30. The van der Waals surface area contributed by atoms with Crippen LogP contribution in [0.15, 0.2) is 36.5 Å². The first kappa shape index (κ1) is 17.0. The number of carbonyl (C=O) groups excluding carboxylic acids is 1.